The first-order chi connectivity index (χ1) is 11.0. The first-order valence-corrected chi connectivity index (χ1v) is 7.05. The average Bonchev–Trinajstić information content (AvgIpc) is 2.54. The summed E-state index contributed by atoms with van der Waals surface area (Å²) < 4.78 is 5.15. The van der Waals surface area contributed by atoms with Gasteiger partial charge in [0.25, 0.3) is 11.8 Å². The molecule has 0 saturated heterocycles. The van der Waals surface area contributed by atoms with Gasteiger partial charge in [0.15, 0.2) is 6.61 Å². The highest BCUT2D eigenvalue weighted by atomic mass is 16.5. The van der Waals surface area contributed by atoms with Crippen LogP contribution in [0.25, 0.3) is 0 Å². The predicted octanol–water partition coefficient (Wildman–Crippen LogP) is 1.87. The number of anilines is 2. The fourth-order valence-electron chi connectivity index (χ4n) is 1.90. The quantitative estimate of drug-likeness (QED) is 0.852. The topological polar surface area (TPSA) is 84.7 Å². The van der Waals surface area contributed by atoms with Gasteiger partial charge in [0.05, 0.1) is 0 Å². The molecule has 0 aromatic heterocycles. The lowest BCUT2D eigenvalue weighted by molar-refractivity contribution is -0.119. The van der Waals surface area contributed by atoms with Gasteiger partial charge in [-0.2, -0.15) is 0 Å². The first-order valence-electron chi connectivity index (χ1n) is 7.05. The highest BCUT2D eigenvalue weighted by Crippen LogP contribution is 2.17. The van der Waals surface area contributed by atoms with Crippen molar-refractivity contribution in [1.29, 1.82) is 0 Å². The van der Waals surface area contributed by atoms with Crippen LogP contribution in [0.5, 0.6) is 5.75 Å². The van der Waals surface area contributed by atoms with Crippen LogP contribution in [0.2, 0.25) is 0 Å². The number of primary amides is 1. The Balaban J connectivity index is 1.98. The van der Waals surface area contributed by atoms with E-state index in [0.29, 0.717) is 11.3 Å². The number of carbonyl (C=O) groups is 2. The van der Waals surface area contributed by atoms with E-state index in [1.165, 1.54) is 0 Å². The predicted molar refractivity (Wildman–Crippen MR) is 89.9 cm³/mol. The van der Waals surface area contributed by atoms with Gasteiger partial charge in [-0.15, -0.1) is 0 Å². The number of amides is 2. The van der Waals surface area contributed by atoms with Gasteiger partial charge >= 0.3 is 0 Å². The molecule has 6 nitrogen and oxygen atoms in total. The molecule has 0 aliphatic carbocycles. The van der Waals surface area contributed by atoms with Gasteiger partial charge in [-0.25, -0.2) is 0 Å². The molecule has 0 aliphatic heterocycles. The largest absolute Gasteiger partial charge is 0.484 e. The molecule has 0 spiro atoms. The van der Waals surface area contributed by atoms with Crippen molar-refractivity contribution in [2.45, 2.75) is 0 Å². The third-order valence-electron chi connectivity index (χ3n) is 3.14. The molecule has 0 unspecified atom stereocenters. The fourth-order valence-corrected chi connectivity index (χ4v) is 1.90. The molecule has 0 fully saturated rings. The zero-order valence-electron chi connectivity index (χ0n) is 13.1. The summed E-state index contributed by atoms with van der Waals surface area (Å²) >= 11 is 0. The molecule has 2 aromatic carbocycles. The molecule has 0 heterocycles. The number of ether oxygens (including phenoxy) is 1. The van der Waals surface area contributed by atoms with Crippen molar-refractivity contribution in [3.63, 3.8) is 0 Å². The molecule has 3 N–H and O–H groups in total. The van der Waals surface area contributed by atoms with Crippen molar-refractivity contribution < 1.29 is 14.3 Å². The van der Waals surface area contributed by atoms with Crippen LogP contribution >= 0.6 is 0 Å². The van der Waals surface area contributed by atoms with Crippen molar-refractivity contribution in [1.82, 2.24) is 0 Å². The molecule has 6 heteroatoms. The minimum atomic E-state index is -0.548. The summed E-state index contributed by atoms with van der Waals surface area (Å²) in [5.74, 6) is -0.285. The number of hydrogen-bond acceptors (Lipinski definition) is 4. The standard InChI is InChI=1S/C17H19N3O3/c1-20(2)14-7-5-13(6-8-14)19-17(22)12-3-9-15(10-4-12)23-11-16(18)21/h3-10H,11H2,1-2H3,(H2,18,21)(H,19,22). The van der Waals surface area contributed by atoms with Crippen LogP contribution in [0.4, 0.5) is 11.4 Å². The van der Waals surface area contributed by atoms with E-state index in [1.807, 2.05) is 43.3 Å². The van der Waals surface area contributed by atoms with Crippen LogP contribution in [0, 0.1) is 0 Å². The minimum Gasteiger partial charge on any atom is -0.484 e. The summed E-state index contributed by atoms with van der Waals surface area (Å²) in [4.78, 5) is 24.8. The lowest BCUT2D eigenvalue weighted by atomic mass is 10.2. The molecule has 120 valence electrons. The number of nitrogens with two attached hydrogens (primary N) is 1. The van der Waals surface area contributed by atoms with Crippen molar-refractivity contribution >= 4 is 23.2 Å². The lowest BCUT2D eigenvalue weighted by Gasteiger charge is -2.13. The Morgan fingerprint density at radius 2 is 1.65 bits per heavy atom. The normalized spacial score (nSPS) is 10.0. The fraction of sp³-hybridized carbons (Fsp3) is 0.176. The Labute approximate surface area is 134 Å². The molecule has 0 radical (unpaired) electrons. The lowest BCUT2D eigenvalue weighted by Crippen LogP contribution is -2.20. The Bertz CT molecular complexity index is 679. The van der Waals surface area contributed by atoms with Crippen LogP contribution in [-0.2, 0) is 4.79 Å². The van der Waals surface area contributed by atoms with E-state index >= 15 is 0 Å². The van der Waals surface area contributed by atoms with Gasteiger partial charge in [-0.1, -0.05) is 0 Å². The number of carbonyl (C=O) groups excluding carboxylic acids is 2. The van der Waals surface area contributed by atoms with E-state index in [0.717, 1.165) is 11.4 Å². The Morgan fingerprint density at radius 3 is 2.17 bits per heavy atom. The zero-order valence-corrected chi connectivity index (χ0v) is 13.1. The maximum atomic E-state index is 12.2. The van der Waals surface area contributed by atoms with Gasteiger partial charge < -0.3 is 20.7 Å². The molecule has 23 heavy (non-hydrogen) atoms. The summed E-state index contributed by atoms with van der Waals surface area (Å²) in [5, 5.41) is 2.82. The second-order valence-corrected chi connectivity index (χ2v) is 5.17. The molecule has 0 atom stereocenters. The highest BCUT2D eigenvalue weighted by Gasteiger charge is 2.07. The number of hydrogen-bond donors (Lipinski definition) is 2. The number of nitrogens with one attached hydrogen (secondary N) is 1. The second-order valence-electron chi connectivity index (χ2n) is 5.17. The van der Waals surface area contributed by atoms with Crippen molar-refractivity contribution in [3.8, 4) is 5.75 Å². The van der Waals surface area contributed by atoms with Crippen LogP contribution in [0.1, 0.15) is 10.4 Å². The summed E-state index contributed by atoms with van der Waals surface area (Å²) in [6.45, 7) is -0.191. The molecule has 2 amide bonds. The van der Waals surface area contributed by atoms with Crippen molar-refractivity contribution in [2.24, 2.45) is 5.73 Å². The van der Waals surface area contributed by atoms with Gasteiger partial charge in [-0.05, 0) is 48.5 Å². The molecule has 2 rings (SSSR count). The third kappa shape index (κ3) is 4.74. The first kappa shape index (κ1) is 16.4. The zero-order chi connectivity index (χ0) is 16.8. The van der Waals surface area contributed by atoms with Gasteiger partial charge in [-0.3, -0.25) is 9.59 Å². The van der Waals surface area contributed by atoms with E-state index < -0.39 is 5.91 Å². The SMILES string of the molecule is CN(C)c1ccc(NC(=O)c2ccc(OCC(N)=O)cc2)cc1. The molecule has 0 saturated carbocycles. The van der Waals surface area contributed by atoms with Crippen molar-refractivity contribution in [2.75, 3.05) is 30.9 Å². The summed E-state index contributed by atoms with van der Waals surface area (Å²) in [6, 6.07) is 14.0. The number of rotatable bonds is 6. The second kappa shape index (κ2) is 7.31. The highest BCUT2D eigenvalue weighted by molar-refractivity contribution is 6.04. The Morgan fingerprint density at radius 1 is 1.04 bits per heavy atom. The monoisotopic (exact) mass is 313 g/mol. The summed E-state index contributed by atoms with van der Waals surface area (Å²) in [6.07, 6.45) is 0. The number of benzene rings is 2. The molecular weight excluding hydrogens is 294 g/mol. The number of nitrogens with zero attached hydrogens (tertiary/aromatic N) is 1. The van der Waals surface area contributed by atoms with E-state index in [1.54, 1.807) is 24.3 Å². The summed E-state index contributed by atoms with van der Waals surface area (Å²) in [5.41, 5.74) is 7.27. The maximum absolute atomic E-state index is 12.2. The Hall–Kier alpha value is -3.02. The van der Waals surface area contributed by atoms with Crippen LogP contribution < -0.4 is 20.7 Å². The Kier molecular flexibility index (Phi) is 5.19. The maximum Gasteiger partial charge on any atom is 0.255 e. The van der Waals surface area contributed by atoms with Crippen molar-refractivity contribution in [3.05, 3.63) is 54.1 Å². The molecule has 0 aliphatic rings. The third-order valence-corrected chi connectivity index (χ3v) is 3.14. The van der Waals surface area contributed by atoms with E-state index in [4.69, 9.17) is 10.5 Å². The van der Waals surface area contributed by atoms with E-state index in [9.17, 15) is 9.59 Å². The van der Waals surface area contributed by atoms with Gasteiger partial charge in [0.1, 0.15) is 5.75 Å². The molecule has 0 bridgehead atoms. The van der Waals surface area contributed by atoms with Gasteiger partial charge in [0, 0.05) is 31.0 Å². The molecule has 2 aromatic rings. The average molecular weight is 313 g/mol. The smallest absolute Gasteiger partial charge is 0.255 e. The van der Waals surface area contributed by atoms with Crippen LogP contribution in [0.15, 0.2) is 48.5 Å². The van der Waals surface area contributed by atoms with E-state index in [2.05, 4.69) is 5.32 Å². The van der Waals surface area contributed by atoms with Crippen LogP contribution in [0.3, 0.4) is 0 Å². The van der Waals surface area contributed by atoms with E-state index in [-0.39, 0.29) is 12.5 Å². The van der Waals surface area contributed by atoms with Crippen LogP contribution in [-0.4, -0.2) is 32.5 Å². The molecular formula is C17H19N3O3. The minimum absolute atomic E-state index is 0.191. The van der Waals surface area contributed by atoms with Gasteiger partial charge in [0.2, 0.25) is 0 Å². The summed E-state index contributed by atoms with van der Waals surface area (Å²) in [7, 11) is 3.91.